The number of furan rings is 1. The number of carbonyl (C=O) groups excluding carboxylic acids is 1. The normalized spacial score (nSPS) is 13.2. The largest absolute Gasteiger partial charge is 0.460 e. The number of likely N-dealkylation sites (N-methyl/N-ethyl adjacent to an activating group) is 1. The molecule has 0 saturated heterocycles. The van der Waals surface area contributed by atoms with Gasteiger partial charge >= 0.3 is 0 Å². The van der Waals surface area contributed by atoms with Gasteiger partial charge in [-0.3, -0.25) is 4.79 Å². The van der Waals surface area contributed by atoms with Crippen molar-refractivity contribution in [3.63, 3.8) is 0 Å². The van der Waals surface area contributed by atoms with E-state index in [1.165, 1.54) is 0 Å². The summed E-state index contributed by atoms with van der Waals surface area (Å²) in [6.45, 7) is 4.53. The molecule has 0 bridgehead atoms. The molecule has 3 rings (SSSR count). The van der Waals surface area contributed by atoms with Crippen molar-refractivity contribution in [1.29, 1.82) is 0 Å². The summed E-state index contributed by atoms with van der Waals surface area (Å²) in [5, 5.41) is 3.09. The van der Waals surface area contributed by atoms with E-state index in [0.717, 1.165) is 33.2 Å². The second kappa shape index (κ2) is 8.02. The molecule has 4 heteroatoms. The first-order chi connectivity index (χ1) is 12.5. The van der Waals surface area contributed by atoms with Crippen molar-refractivity contribution in [1.82, 2.24) is 0 Å². The maximum absolute atomic E-state index is 12.8. The first-order valence-corrected chi connectivity index (χ1v) is 8.87. The Hall–Kier alpha value is -2.85. The Morgan fingerprint density at radius 2 is 1.73 bits per heavy atom. The van der Waals surface area contributed by atoms with Crippen molar-refractivity contribution >= 4 is 11.6 Å². The molecule has 134 valence electrons. The number of hydrogen-bond donors (Lipinski definition) is 2. The molecule has 2 atom stereocenters. The summed E-state index contributed by atoms with van der Waals surface area (Å²) >= 11 is 0. The fourth-order valence-corrected chi connectivity index (χ4v) is 2.93. The van der Waals surface area contributed by atoms with E-state index in [1.807, 2.05) is 87.6 Å². The molecule has 0 aliphatic heterocycles. The molecule has 26 heavy (non-hydrogen) atoms. The number of para-hydroxylation sites is 1. The molecule has 4 nitrogen and oxygen atoms in total. The Bertz CT molecular complexity index is 871. The van der Waals surface area contributed by atoms with Crippen LogP contribution < -0.4 is 10.2 Å². The lowest BCUT2D eigenvalue weighted by molar-refractivity contribution is -0.908. The lowest BCUT2D eigenvalue weighted by Crippen LogP contribution is -3.12. The van der Waals surface area contributed by atoms with Crippen molar-refractivity contribution in [3.05, 3.63) is 78.3 Å². The quantitative estimate of drug-likeness (QED) is 0.717. The molecule has 0 spiro atoms. The second-order valence-electron chi connectivity index (χ2n) is 6.66. The first-order valence-electron chi connectivity index (χ1n) is 8.87. The van der Waals surface area contributed by atoms with Gasteiger partial charge in [0.25, 0.3) is 5.91 Å². The van der Waals surface area contributed by atoms with Gasteiger partial charge in [-0.05, 0) is 37.6 Å². The summed E-state index contributed by atoms with van der Waals surface area (Å²) in [4.78, 5) is 13.8. The first kappa shape index (κ1) is 18.0. The van der Waals surface area contributed by atoms with Gasteiger partial charge < -0.3 is 14.6 Å². The summed E-state index contributed by atoms with van der Waals surface area (Å²) in [7, 11) is 2.01. The molecular formula is C22H25N2O2+. The SMILES string of the molecule is Cc1ccc(C[NH+](C)[C@H](C)C(=O)Nc2ccccc2-c2ccccc2)o1. The van der Waals surface area contributed by atoms with Crippen LogP contribution in [0, 0.1) is 6.92 Å². The number of aryl methyl sites for hydroxylation is 1. The van der Waals surface area contributed by atoms with E-state index in [1.54, 1.807) is 0 Å². The van der Waals surface area contributed by atoms with Crippen LogP contribution in [0.15, 0.2) is 71.1 Å². The van der Waals surface area contributed by atoms with Crippen LogP contribution in [0.5, 0.6) is 0 Å². The highest BCUT2D eigenvalue weighted by molar-refractivity contribution is 5.97. The number of carbonyl (C=O) groups is 1. The van der Waals surface area contributed by atoms with Crippen molar-refractivity contribution < 1.29 is 14.1 Å². The third-order valence-electron chi connectivity index (χ3n) is 4.65. The molecule has 0 aliphatic carbocycles. The van der Waals surface area contributed by atoms with E-state index < -0.39 is 0 Å². The number of nitrogens with one attached hydrogen (secondary N) is 2. The van der Waals surface area contributed by atoms with Gasteiger partial charge in [0, 0.05) is 11.3 Å². The number of benzene rings is 2. The Labute approximate surface area is 154 Å². The minimum Gasteiger partial charge on any atom is -0.460 e. The Kier molecular flexibility index (Phi) is 5.54. The summed E-state index contributed by atoms with van der Waals surface area (Å²) in [5.41, 5.74) is 2.94. The molecule has 0 fully saturated rings. The molecule has 0 saturated carbocycles. The van der Waals surface area contributed by atoms with Gasteiger partial charge in [0.1, 0.15) is 12.3 Å². The highest BCUT2D eigenvalue weighted by Crippen LogP contribution is 2.27. The van der Waals surface area contributed by atoms with Gasteiger partial charge in [0.15, 0.2) is 11.8 Å². The van der Waals surface area contributed by atoms with Gasteiger partial charge in [0.05, 0.1) is 7.05 Å². The van der Waals surface area contributed by atoms with Crippen LogP contribution in [0.4, 0.5) is 5.69 Å². The summed E-state index contributed by atoms with van der Waals surface area (Å²) < 4.78 is 5.63. The van der Waals surface area contributed by atoms with E-state index in [2.05, 4.69) is 5.32 Å². The minimum absolute atomic E-state index is 0.00541. The smallest absolute Gasteiger partial charge is 0.282 e. The van der Waals surface area contributed by atoms with E-state index in [4.69, 9.17) is 4.42 Å². The zero-order valence-electron chi connectivity index (χ0n) is 15.5. The minimum atomic E-state index is -0.204. The van der Waals surface area contributed by atoms with Crippen LogP contribution >= 0.6 is 0 Å². The van der Waals surface area contributed by atoms with E-state index in [-0.39, 0.29) is 11.9 Å². The number of quaternary nitrogens is 1. The van der Waals surface area contributed by atoms with Crippen LogP contribution in [0.2, 0.25) is 0 Å². The molecule has 3 aromatic rings. The average molecular weight is 349 g/mol. The topological polar surface area (TPSA) is 46.7 Å². The molecular weight excluding hydrogens is 324 g/mol. The van der Waals surface area contributed by atoms with Gasteiger partial charge in [0.2, 0.25) is 0 Å². The van der Waals surface area contributed by atoms with Crippen LogP contribution in [0.1, 0.15) is 18.4 Å². The lowest BCUT2D eigenvalue weighted by atomic mass is 10.0. The number of anilines is 1. The highest BCUT2D eigenvalue weighted by atomic mass is 16.3. The van der Waals surface area contributed by atoms with Crippen LogP contribution in [-0.4, -0.2) is 19.0 Å². The van der Waals surface area contributed by atoms with Crippen molar-refractivity contribution in [2.24, 2.45) is 0 Å². The number of rotatable bonds is 6. The predicted molar refractivity (Wildman–Crippen MR) is 104 cm³/mol. The number of hydrogen-bond acceptors (Lipinski definition) is 2. The van der Waals surface area contributed by atoms with Gasteiger partial charge in [-0.15, -0.1) is 0 Å². The van der Waals surface area contributed by atoms with Crippen LogP contribution in [0.3, 0.4) is 0 Å². The maximum Gasteiger partial charge on any atom is 0.282 e. The summed E-state index contributed by atoms with van der Waals surface area (Å²) in [6.07, 6.45) is 0. The van der Waals surface area contributed by atoms with Crippen LogP contribution in [-0.2, 0) is 11.3 Å². The molecule has 2 N–H and O–H groups in total. The van der Waals surface area contributed by atoms with Gasteiger partial charge in [-0.25, -0.2) is 0 Å². The monoisotopic (exact) mass is 349 g/mol. The van der Waals surface area contributed by atoms with Crippen LogP contribution in [0.25, 0.3) is 11.1 Å². The standard InChI is InChI=1S/C22H24N2O2/c1-16-13-14-19(26-16)15-24(3)17(2)22(25)23-21-12-8-7-11-20(21)18-9-5-4-6-10-18/h4-14,17H,15H2,1-3H3,(H,23,25)/p+1/t17-/m1/s1. The van der Waals surface area contributed by atoms with Gasteiger partial charge in [-0.1, -0.05) is 48.5 Å². The lowest BCUT2D eigenvalue weighted by Gasteiger charge is -2.21. The Morgan fingerprint density at radius 3 is 2.42 bits per heavy atom. The molecule has 1 unspecified atom stereocenters. The Balaban J connectivity index is 1.71. The number of amides is 1. The van der Waals surface area contributed by atoms with Crippen molar-refractivity contribution in [2.75, 3.05) is 12.4 Å². The second-order valence-corrected chi connectivity index (χ2v) is 6.66. The fraction of sp³-hybridized carbons (Fsp3) is 0.227. The molecule has 2 aromatic carbocycles. The summed E-state index contributed by atoms with van der Waals surface area (Å²) in [5.74, 6) is 1.78. The summed E-state index contributed by atoms with van der Waals surface area (Å²) in [6, 6.07) is 21.7. The molecule has 1 amide bonds. The molecule has 0 radical (unpaired) electrons. The fourth-order valence-electron chi connectivity index (χ4n) is 2.93. The highest BCUT2D eigenvalue weighted by Gasteiger charge is 2.23. The third-order valence-corrected chi connectivity index (χ3v) is 4.65. The van der Waals surface area contributed by atoms with Crippen molar-refractivity contribution in [2.45, 2.75) is 26.4 Å². The average Bonchev–Trinajstić information content (AvgIpc) is 3.07. The zero-order valence-corrected chi connectivity index (χ0v) is 15.5. The van der Waals surface area contributed by atoms with Crippen molar-refractivity contribution in [3.8, 4) is 11.1 Å². The maximum atomic E-state index is 12.8. The van der Waals surface area contributed by atoms with E-state index >= 15 is 0 Å². The molecule has 1 aromatic heterocycles. The third kappa shape index (κ3) is 4.21. The Morgan fingerprint density at radius 1 is 1.04 bits per heavy atom. The predicted octanol–water partition coefficient (Wildman–Crippen LogP) is 3.30. The molecule has 0 aliphatic rings. The molecule has 1 heterocycles. The van der Waals surface area contributed by atoms with E-state index in [9.17, 15) is 4.79 Å². The zero-order chi connectivity index (χ0) is 18.5. The van der Waals surface area contributed by atoms with E-state index in [0.29, 0.717) is 6.54 Å². The van der Waals surface area contributed by atoms with Gasteiger partial charge in [-0.2, -0.15) is 0 Å².